The molecular weight excluding hydrogens is 246 g/mol. The normalized spacial score (nSPS) is 16.2. The Morgan fingerprint density at radius 1 is 0.950 bits per heavy atom. The SMILES string of the molecule is Cc1ccc(-c2cccc(CN3CCOCC3)c2)cc1. The molecule has 0 bridgehead atoms. The highest BCUT2D eigenvalue weighted by atomic mass is 16.5. The summed E-state index contributed by atoms with van der Waals surface area (Å²) < 4.78 is 5.40. The molecule has 1 aliphatic heterocycles. The minimum absolute atomic E-state index is 0.859. The van der Waals surface area contributed by atoms with Gasteiger partial charge in [-0.3, -0.25) is 4.90 Å². The number of aryl methyl sites for hydroxylation is 1. The van der Waals surface area contributed by atoms with Gasteiger partial charge in [-0.2, -0.15) is 0 Å². The van der Waals surface area contributed by atoms with Gasteiger partial charge in [0.05, 0.1) is 13.2 Å². The van der Waals surface area contributed by atoms with Crippen LogP contribution in [0.3, 0.4) is 0 Å². The van der Waals surface area contributed by atoms with E-state index in [0.717, 1.165) is 32.8 Å². The summed E-state index contributed by atoms with van der Waals surface area (Å²) in [4.78, 5) is 2.46. The van der Waals surface area contributed by atoms with Crippen LogP contribution in [0.1, 0.15) is 11.1 Å². The van der Waals surface area contributed by atoms with E-state index in [-0.39, 0.29) is 0 Å². The molecule has 0 saturated carbocycles. The molecule has 0 atom stereocenters. The topological polar surface area (TPSA) is 12.5 Å². The maximum absolute atomic E-state index is 5.40. The van der Waals surface area contributed by atoms with Crippen LogP contribution >= 0.6 is 0 Å². The van der Waals surface area contributed by atoms with Crippen LogP contribution < -0.4 is 0 Å². The van der Waals surface area contributed by atoms with Gasteiger partial charge in [0.25, 0.3) is 0 Å². The predicted octanol–water partition coefficient (Wildman–Crippen LogP) is 3.49. The Kier molecular flexibility index (Phi) is 4.14. The zero-order valence-corrected chi connectivity index (χ0v) is 12.0. The Morgan fingerprint density at radius 2 is 1.70 bits per heavy atom. The zero-order valence-electron chi connectivity index (χ0n) is 12.0. The van der Waals surface area contributed by atoms with E-state index in [1.165, 1.54) is 22.3 Å². The van der Waals surface area contributed by atoms with Gasteiger partial charge in [-0.05, 0) is 29.7 Å². The zero-order chi connectivity index (χ0) is 13.8. The molecule has 2 heteroatoms. The van der Waals surface area contributed by atoms with Crippen LogP contribution in [0.25, 0.3) is 11.1 Å². The minimum atomic E-state index is 0.859. The average Bonchev–Trinajstić information content (AvgIpc) is 2.49. The van der Waals surface area contributed by atoms with E-state index in [9.17, 15) is 0 Å². The Labute approximate surface area is 121 Å². The second-order valence-corrected chi connectivity index (χ2v) is 5.45. The van der Waals surface area contributed by atoms with Crippen LogP contribution in [-0.4, -0.2) is 31.2 Å². The highest BCUT2D eigenvalue weighted by molar-refractivity contribution is 5.64. The molecule has 2 nitrogen and oxygen atoms in total. The van der Waals surface area contributed by atoms with Crippen LogP contribution in [0.2, 0.25) is 0 Å². The van der Waals surface area contributed by atoms with Gasteiger partial charge >= 0.3 is 0 Å². The summed E-state index contributed by atoms with van der Waals surface area (Å²) >= 11 is 0. The van der Waals surface area contributed by atoms with Crippen molar-refractivity contribution in [3.8, 4) is 11.1 Å². The molecule has 0 aliphatic carbocycles. The molecule has 0 N–H and O–H groups in total. The van der Waals surface area contributed by atoms with Crippen molar-refractivity contribution >= 4 is 0 Å². The summed E-state index contributed by atoms with van der Waals surface area (Å²) in [6.45, 7) is 6.93. The first-order chi connectivity index (χ1) is 9.81. The fourth-order valence-corrected chi connectivity index (χ4v) is 2.61. The maximum Gasteiger partial charge on any atom is 0.0594 e. The van der Waals surface area contributed by atoms with Gasteiger partial charge in [0.1, 0.15) is 0 Å². The van der Waals surface area contributed by atoms with Crippen LogP contribution in [0, 0.1) is 6.92 Å². The van der Waals surface area contributed by atoms with Crippen molar-refractivity contribution in [3.05, 3.63) is 59.7 Å². The molecule has 0 radical (unpaired) electrons. The minimum Gasteiger partial charge on any atom is -0.379 e. The van der Waals surface area contributed by atoms with Gasteiger partial charge in [0, 0.05) is 19.6 Å². The van der Waals surface area contributed by atoms with E-state index < -0.39 is 0 Å². The summed E-state index contributed by atoms with van der Waals surface area (Å²) in [5.74, 6) is 0. The lowest BCUT2D eigenvalue weighted by Gasteiger charge is -2.26. The second-order valence-electron chi connectivity index (χ2n) is 5.45. The lowest BCUT2D eigenvalue weighted by Crippen LogP contribution is -2.35. The molecule has 104 valence electrons. The van der Waals surface area contributed by atoms with Gasteiger partial charge < -0.3 is 4.74 Å². The van der Waals surface area contributed by atoms with Gasteiger partial charge in [0.15, 0.2) is 0 Å². The molecule has 0 spiro atoms. The lowest BCUT2D eigenvalue weighted by molar-refractivity contribution is 0.0342. The number of hydrogen-bond donors (Lipinski definition) is 0. The first-order valence-corrected chi connectivity index (χ1v) is 7.27. The fraction of sp³-hybridized carbons (Fsp3) is 0.333. The van der Waals surface area contributed by atoms with E-state index >= 15 is 0 Å². The average molecular weight is 267 g/mol. The number of hydrogen-bond acceptors (Lipinski definition) is 2. The number of benzene rings is 2. The third kappa shape index (κ3) is 3.27. The lowest BCUT2D eigenvalue weighted by atomic mass is 10.0. The number of ether oxygens (including phenoxy) is 1. The highest BCUT2D eigenvalue weighted by Crippen LogP contribution is 2.21. The van der Waals surface area contributed by atoms with Crippen LogP contribution in [-0.2, 0) is 11.3 Å². The summed E-state index contributed by atoms with van der Waals surface area (Å²) in [6.07, 6.45) is 0. The van der Waals surface area contributed by atoms with Gasteiger partial charge in [-0.15, -0.1) is 0 Å². The first kappa shape index (κ1) is 13.3. The van der Waals surface area contributed by atoms with Crippen molar-refractivity contribution in [2.45, 2.75) is 13.5 Å². The van der Waals surface area contributed by atoms with Crippen LogP contribution in [0.5, 0.6) is 0 Å². The number of rotatable bonds is 3. The molecule has 3 rings (SSSR count). The number of morpholine rings is 1. The molecule has 2 aromatic carbocycles. The molecule has 0 aromatic heterocycles. The Morgan fingerprint density at radius 3 is 2.45 bits per heavy atom. The third-order valence-corrected chi connectivity index (χ3v) is 3.82. The molecule has 1 heterocycles. The molecule has 0 unspecified atom stereocenters. The standard InChI is InChI=1S/C18H21NO/c1-15-5-7-17(8-6-15)18-4-2-3-16(13-18)14-19-9-11-20-12-10-19/h2-8,13H,9-12,14H2,1H3. The van der Waals surface area contributed by atoms with Crippen molar-refractivity contribution in [1.82, 2.24) is 4.90 Å². The van der Waals surface area contributed by atoms with E-state index in [1.807, 2.05) is 0 Å². The molecular formula is C18H21NO. The van der Waals surface area contributed by atoms with Gasteiger partial charge in [0.2, 0.25) is 0 Å². The molecule has 1 aliphatic rings. The van der Waals surface area contributed by atoms with Crippen molar-refractivity contribution in [2.75, 3.05) is 26.3 Å². The van der Waals surface area contributed by atoms with Crippen molar-refractivity contribution < 1.29 is 4.74 Å². The Bertz CT molecular complexity index is 556. The number of nitrogens with zero attached hydrogens (tertiary/aromatic N) is 1. The quantitative estimate of drug-likeness (QED) is 0.844. The first-order valence-electron chi connectivity index (χ1n) is 7.27. The molecule has 20 heavy (non-hydrogen) atoms. The van der Waals surface area contributed by atoms with E-state index in [2.05, 4.69) is 60.4 Å². The summed E-state index contributed by atoms with van der Waals surface area (Å²) in [5, 5.41) is 0. The van der Waals surface area contributed by atoms with Crippen LogP contribution in [0.4, 0.5) is 0 Å². The van der Waals surface area contributed by atoms with E-state index in [0.29, 0.717) is 0 Å². The fourth-order valence-electron chi connectivity index (χ4n) is 2.61. The summed E-state index contributed by atoms with van der Waals surface area (Å²) in [5.41, 5.74) is 5.28. The largest absolute Gasteiger partial charge is 0.379 e. The van der Waals surface area contributed by atoms with Gasteiger partial charge in [-0.25, -0.2) is 0 Å². The molecule has 2 aromatic rings. The summed E-state index contributed by atoms with van der Waals surface area (Å²) in [6, 6.07) is 17.6. The molecule has 0 amide bonds. The summed E-state index contributed by atoms with van der Waals surface area (Å²) in [7, 11) is 0. The van der Waals surface area contributed by atoms with Crippen molar-refractivity contribution in [1.29, 1.82) is 0 Å². The van der Waals surface area contributed by atoms with Crippen molar-refractivity contribution in [2.24, 2.45) is 0 Å². The second kappa shape index (κ2) is 6.21. The van der Waals surface area contributed by atoms with E-state index in [1.54, 1.807) is 0 Å². The monoisotopic (exact) mass is 267 g/mol. The predicted molar refractivity (Wildman–Crippen MR) is 82.7 cm³/mol. The molecule has 1 fully saturated rings. The van der Waals surface area contributed by atoms with Crippen molar-refractivity contribution in [3.63, 3.8) is 0 Å². The van der Waals surface area contributed by atoms with E-state index in [4.69, 9.17) is 4.74 Å². The maximum atomic E-state index is 5.40. The highest BCUT2D eigenvalue weighted by Gasteiger charge is 2.10. The third-order valence-electron chi connectivity index (χ3n) is 3.82. The smallest absolute Gasteiger partial charge is 0.0594 e. The Balaban J connectivity index is 1.76. The van der Waals surface area contributed by atoms with Gasteiger partial charge in [-0.1, -0.05) is 48.0 Å². The Hall–Kier alpha value is -1.64. The van der Waals surface area contributed by atoms with Crippen LogP contribution in [0.15, 0.2) is 48.5 Å². The molecule has 1 saturated heterocycles.